The molecule has 126 valence electrons. The van der Waals surface area contributed by atoms with Gasteiger partial charge in [0.05, 0.1) is 5.69 Å². The fraction of sp³-hybridized carbons (Fsp3) is 0.200. The Balaban J connectivity index is 1.27. The number of hydrogen-bond donors (Lipinski definition) is 1. The number of rotatable bonds is 5. The molecule has 2 aromatic carbocycles. The molecule has 1 N–H and O–H groups in total. The van der Waals surface area contributed by atoms with Crippen LogP contribution in [-0.4, -0.2) is 28.3 Å². The summed E-state index contributed by atoms with van der Waals surface area (Å²) in [4.78, 5) is 12.3. The summed E-state index contributed by atoms with van der Waals surface area (Å²) >= 11 is 0. The van der Waals surface area contributed by atoms with Crippen molar-refractivity contribution in [2.45, 2.75) is 18.9 Å². The van der Waals surface area contributed by atoms with E-state index in [4.69, 9.17) is 4.74 Å². The summed E-state index contributed by atoms with van der Waals surface area (Å²) < 4.78 is 7.53. The van der Waals surface area contributed by atoms with Gasteiger partial charge in [-0.1, -0.05) is 30.3 Å². The average molecular weight is 333 g/mol. The van der Waals surface area contributed by atoms with Crippen molar-refractivity contribution < 1.29 is 9.53 Å². The van der Waals surface area contributed by atoms with Gasteiger partial charge >= 0.3 is 0 Å². The first-order valence-corrected chi connectivity index (χ1v) is 8.41. The summed E-state index contributed by atoms with van der Waals surface area (Å²) in [5.74, 6) is 0.765. The minimum absolute atomic E-state index is 0.0515. The van der Waals surface area contributed by atoms with E-state index in [0.717, 1.165) is 23.4 Å². The lowest BCUT2D eigenvalue weighted by Gasteiger charge is -2.11. The molecule has 0 fully saturated rings. The van der Waals surface area contributed by atoms with Crippen molar-refractivity contribution in [3.05, 3.63) is 78.1 Å². The maximum absolute atomic E-state index is 12.3. The number of nitrogens with zero attached hydrogens (tertiary/aromatic N) is 2. The molecule has 1 aliphatic rings. The third-order valence-corrected chi connectivity index (χ3v) is 4.36. The predicted molar refractivity (Wildman–Crippen MR) is 94.8 cm³/mol. The molecule has 0 spiro atoms. The van der Waals surface area contributed by atoms with E-state index in [9.17, 15) is 4.79 Å². The van der Waals surface area contributed by atoms with Crippen molar-refractivity contribution in [1.29, 1.82) is 0 Å². The predicted octanol–water partition coefficient (Wildman–Crippen LogP) is 2.53. The highest BCUT2D eigenvalue weighted by molar-refractivity contribution is 5.82. The number of hydrogen-bond acceptors (Lipinski definition) is 3. The molecule has 0 radical (unpaired) electrons. The van der Waals surface area contributed by atoms with Crippen molar-refractivity contribution in [3.63, 3.8) is 0 Å². The van der Waals surface area contributed by atoms with Crippen LogP contribution in [0.3, 0.4) is 0 Å². The molecule has 5 nitrogen and oxygen atoms in total. The van der Waals surface area contributed by atoms with Crippen molar-refractivity contribution >= 4 is 5.91 Å². The van der Waals surface area contributed by atoms with Gasteiger partial charge in [-0.2, -0.15) is 5.10 Å². The molecular weight excluding hydrogens is 314 g/mol. The molecular formula is C20H19N3O2. The molecule has 25 heavy (non-hydrogen) atoms. The fourth-order valence-electron chi connectivity index (χ4n) is 3.01. The van der Waals surface area contributed by atoms with E-state index < -0.39 is 6.10 Å². The maximum atomic E-state index is 12.3. The van der Waals surface area contributed by atoms with Gasteiger partial charge in [0.2, 0.25) is 0 Å². The van der Waals surface area contributed by atoms with Crippen LogP contribution >= 0.6 is 0 Å². The van der Waals surface area contributed by atoms with E-state index in [2.05, 4.69) is 22.5 Å². The number of carbonyl (C=O) groups excluding carboxylic acids is 1. The minimum atomic E-state index is -0.417. The molecule has 1 aromatic heterocycles. The third kappa shape index (κ3) is 3.40. The standard InChI is InChI=1S/C20H19N3O2/c24-20(19-14-16-4-1-2-5-18(16)25-19)21-12-10-15-6-8-17(9-7-15)23-13-3-11-22-23/h1-9,11,13,19H,10,12,14H2,(H,21,24). The van der Waals surface area contributed by atoms with Crippen LogP contribution in [0.2, 0.25) is 0 Å². The number of aromatic nitrogens is 2. The largest absolute Gasteiger partial charge is 0.480 e. The first-order valence-electron chi connectivity index (χ1n) is 8.41. The second kappa shape index (κ2) is 6.81. The Kier molecular flexibility index (Phi) is 4.21. The molecule has 1 amide bonds. The average Bonchev–Trinajstić information content (AvgIpc) is 3.32. The number of carbonyl (C=O) groups is 1. The zero-order chi connectivity index (χ0) is 17.1. The van der Waals surface area contributed by atoms with E-state index >= 15 is 0 Å². The Morgan fingerprint density at radius 2 is 2.00 bits per heavy atom. The van der Waals surface area contributed by atoms with E-state index in [0.29, 0.717) is 13.0 Å². The lowest BCUT2D eigenvalue weighted by atomic mass is 10.1. The molecule has 1 aliphatic heterocycles. The first-order chi connectivity index (χ1) is 12.3. The third-order valence-electron chi connectivity index (χ3n) is 4.36. The zero-order valence-corrected chi connectivity index (χ0v) is 13.8. The van der Waals surface area contributed by atoms with Crippen molar-refractivity contribution in [1.82, 2.24) is 15.1 Å². The van der Waals surface area contributed by atoms with Crippen molar-refractivity contribution in [3.8, 4) is 11.4 Å². The Morgan fingerprint density at radius 1 is 1.16 bits per heavy atom. The van der Waals surface area contributed by atoms with Gasteiger partial charge in [-0.05, 0) is 41.8 Å². The van der Waals surface area contributed by atoms with Crippen LogP contribution in [0, 0.1) is 0 Å². The topological polar surface area (TPSA) is 56.2 Å². The summed E-state index contributed by atoms with van der Waals surface area (Å²) in [6.07, 6.45) is 4.67. The van der Waals surface area contributed by atoms with Crippen LogP contribution in [0.25, 0.3) is 5.69 Å². The van der Waals surface area contributed by atoms with Gasteiger partial charge in [0.25, 0.3) is 5.91 Å². The molecule has 4 rings (SSSR count). The quantitative estimate of drug-likeness (QED) is 0.781. The molecule has 2 heterocycles. The SMILES string of the molecule is O=C(NCCc1ccc(-n2cccn2)cc1)C1Cc2ccccc2O1. The van der Waals surface area contributed by atoms with Crippen LogP contribution in [0.15, 0.2) is 67.0 Å². The van der Waals surface area contributed by atoms with E-state index in [1.807, 2.05) is 53.3 Å². The van der Waals surface area contributed by atoms with Crippen molar-refractivity contribution in [2.24, 2.45) is 0 Å². The monoisotopic (exact) mass is 333 g/mol. The molecule has 0 saturated carbocycles. The Hall–Kier alpha value is -3.08. The second-order valence-electron chi connectivity index (χ2n) is 6.08. The Labute approximate surface area is 146 Å². The number of benzene rings is 2. The summed E-state index contributed by atoms with van der Waals surface area (Å²) in [6.45, 7) is 0.593. The zero-order valence-electron chi connectivity index (χ0n) is 13.8. The summed E-state index contributed by atoms with van der Waals surface area (Å²) in [5.41, 5.74) is 3.29. The van der Waals surface area contributed by atoms with E-state index in [-0.39, 0.29) is 5.91 Å². The van der Waals surface area contributed by atoms with Gasteiger partial charge < -0.3 is 10.1 Å². The van der Waals surface area contributed by atoms with Gasteiger partial charge in [0, 0.05) is 25.4 Å². The summed E-state index contributed by atoms with van der Waals surface area (Å²) in [5, 5.41) is 7.18. The van der Waals surface area contributed by atoms with Gasteiger partial charge in [-0.3, -0.25) is 4.79 Å². The molecule has 0 saturated heterocycles. The molecule has 1 unspecified atom stereocenters. The van der Waals surface area contributed by atoms with Gasteiger partial charge in [-0.15, -0.1) is 0 Å². The van der Waals surface area contributed by atoms with Gasteiger partial charge in [0.15, 0.2) is 6.10 Å². The highest BCUT2D eigenvalue weighted by atomic mass is 16.5. The normalized spacial score (nSPS) is 15.4. The van der Waals surface area contributed by atoms with Crippen molar-refractivity contribution in [2.75, 3.05) is 6.54 Å². The molecule has 0 bridgehead atoms. The molecule has 3 aromatic rings. The molecule has 1 atom stereocenters. The van der Waals surface area contributed by atoms with E-state index in [1.165, 1.54) is 5.56 Å². The van der Waals surface area contributed by atoms with Crippen LogP contribution in [0.5, 0.6) is 5.75 Å². The minimum Gasteiger partial charge on any atom is -0.480 e. The Morgan fingerprint density at radius 3 is 2.76 bits per heavy atom. The van der Waals surface area contributed by atoms with Crippen LogP contribution in [-0.2, 0) is 17.6 Å². The van der Waals surface area contributed by atoms with Gasteiger partial charge in [0.1, 0.15) is 5.75 Å². The number of nitrogens with one attached hydrogen (secondary N) is 1. The molecule has 0 aliphatic carbocycles. The van der Waals surface area contributed by atoms with Crippen LogP contribution in [0.4, 0.5) is 0 Å². The van der Waals surface area contributed by atoms with E-state index in [1.54, 1.807) is 6.20 Å². The van der Waals surface area contributed by atoms with Crippen LogP contribution < -0.4 is 10.1 Å². The lowest BCUT2D eigenvalue weighted by Crippen LogP contribution is -2.38. The van der Waals surface area contributed by atoms with Crippen LogP contribution in [0.1, 0.15) is 11.1 Å². The number of amides is 1. The number of fused-ring (bicyclic) bond motifs is 1. The fourth-order valence-corrected chi connectivity index (χ4v) is 3.01. The summed E-state index contributed by atoms with van der Waals surface area (Å²) in [6, 6.07) is 17.9. The Bertz CT molecular complexity index is 832. The number of para-hydroxylation sites is 1. The lowest BCUT2D eigenvalue weighted by molar-refractivity contribution is -0.127. The maximum Gasteiger partial charge on any atom is 0.261 e. The highest BCUT2D eigenvalue weighted by Crippen LogP contribution is 2.28. The number of ether oxygens (including phenoxy) is 1. The highest BCUT2D eigenvalue weighted by Gasteiger charge is 2.28. The van der Waals surface area contributed by atoms with Gasteiger partial charge in [-0.25, -0.2) is 4.68 Å². The first kappa shape index (κ1) is 15.4. The smallest absolute Gasteiger partial charge is 0.261 e. The second-order valence-corrected chi connectivity index (χ2v) is 6.08. The summed E-state index contributed by atoms with van der Waals surface area (Å²) in [7, 11) is 0. The molecule has 5 heteroatoms.